The number of aromatic amines is 1. The maximum absolute atomic E-state index is 12.4. The Morgan fingerprint density at radius 2 is 2.12 bits per heavy atom. The highest BCUT2D eigenvalue weighted by molar-refractivity contribution is 5.80. The minimum Gasteiger partial charge on any atom is -0.344 e. The molecule has 2 amide bonds. The molecule has 0 bridgehead atoms. The van der Waals surface area contributed by atoms with E-state index >= 15 is 0 Å². The lowest BCUT2D eigenvalue weighted by atomic mass is 10.1. The number of carbonyl (C=O) groups is 2. The van der Waals surface area contributed by atoms with Gasteiger partial charge in [-0.15, -0.1) is 0 Å². The first-order valence-electron chi connectivity index (χ1n) is 9.42. The van der Waals surface area contributed by atoms with E-state index in [0.29, 0.717) is 32.4 Å². The zero-order valence-electron chi connectivity index (χ0n) is 16.0. The summed E-state index contributed by atoms with van der Waals surface area (Å²) in [6.45, 7) is 6.18. The Morgan fingerprint density at radius 3 is 2.88 bits per heavy atom. The van der Waals surface area contributed by atoms with Crippen molar-refractivity contribution in [1.29, 1.82) is 0 Å². The molecule has 140 valence electrons. The molecule has 1 saturated heterocycles. The highest BCUT2D eigenvalue weighted by atomic mass is 16.2. The van der Waals surface area contributed by atoms with Crippen LogP contribution in [-0.4, -0.2) is 58.3 Å². The van der Waals surface area contributed by atoms with Crippen LogP contribution in [0.15, 0.2) is 12.1 Å². The number of likely N-dealkylation sites (tertiary alicyclic amines) is 1. The van der Waals surface area contributed by atoms with Gasteiger partial charge in [-0.2, -0.15) is 0 Å². The van der Waals surface area contributed by atoms with Gasteiger partial charge in [0.15, 0.2) is 0 Å². The molecule has 0 radical (unpaired) electrons. The molecular formula is C20H28N4O2. The highest BCUT2D eigenvalue weighted by Gasteiger charge is 2.19. The minimum atomic E-state index is 0.0859. The standard InChI is InChI=1S/C20H28N4O2/c1-14-7-8-16-20(15(14)2)22-17(21-16)9-10-18(25)23(3)12-13-24-11-5-4-6-19(24)26/h7-8H,4-6,9-13H2,1-3H3,(H,21,22). The summed E-state index contributed by atoms with van der Waals surface area (Å²) in [7, 11) is 1.81. The number of nitrogens with one attached hydrogen (secondary N) is 1. The zero-order valence-corrected chi connectivity index (χ0v) is 16.0. The number of carbonyl (C=O) groups excluding carboxylic acids is 2. The lowest BCUT2D eigenvalue weighted by molar-refractivity contribution is -0.135. The SMILES string of the molecule is Cc1ccc2[nH]c(CCC(=O)N(C)CCN3CCCCC3=O)nc2c1C. The number of piperidine rings is 1. The topological polar surface area (TPSA) is 69.3 Å². The first kappa shape index (κ1) is 18.4. The number of H-pyrrole nitrogens is 1. The zero-order chi connectivity index (χ0) is 18.7. The van der Waals surface area contributed by atoms with Crippen LogP contribution >= 0.6 is 0 Å². The molecule has 0 atom stereocenters. The fourth-order valence-electron chi connectivity index (χ4n) is 3.39. The predicted octanol–water partition coefficient (Wildman–Crippen LogP) is 2.58. The van der Waals surface area contributed by atoms with Crippen molar-refractivity contribution in [2.24, 2.45) is 0 Å². The van der Waals surface area contributed by atoms with Gasteiger partial charge < -0.3 is 14.8 Å². The number of benzene rings is 1. The number of hydrogen-bond donors (Lipinski definition) is 1. The normalized spacial score (nSPS) is 14.9. The van der Waals surface area contributed by atoms with E-state index in [1.807, 2.05) is 18.0 Å². The molecule has 2 heterocycles. The van der Waals surface area contributed by atoms with Crippen molar-refractivity contribution in [1.82, 2.24) is 19.8 Å². The third-order valence-corrected chi connectivity index (χ3v) is 5.36. The third kappa shape index (κ3) is 4.06. The lowest BCUT2D eigenvalue weighted by Gasteiger charge is -2.28. The van der Waals surface area contributed by atoms with Crippen molar-refractivity contribution in [3.8, 4) is 0 Å². The summed E-state index contributed by atoms with van der Waals surface area (Å²) in [6.07, 6.45) is 3.71. The molecule has 1 aliphatic heterocycles. The van der Waals surface area contributed by atoms with Gasteiger partial charge in [-0.3, -0.25) is 9.59 Å². The Labute approximate surface area is 154 Å². The number of aromatic nitrogens is 2. The van der Waals surface area contributed by atoms with Crippen molar-refractivity contribution in [2.75, 3.05) is 26.7 Å². The van der Waals surface area contributed by atoms with E-state index < -0.39 is 0 Å². The summed E-state index contributed by atoms with van der Waals surface area (Å²) in [5, 5.41) is 0. The summed E-state index contributed by atoms with van der Waals surface area (Å²) in [5.74, 6) is 1.15. The number of hydrogen-bond acceptors (Lipinski definition) is 3. The van der Waals surface area contributed by atoms with Crippen LogP contribution in [0.3, 0.4) is 0 Å². The van der Waals surface area contributed by atoms with Crippen LogP contribution in [0.2, 0.25) is 0 Å². The van der Waals surface area contributed by atoms with E-state index in [-0.39, 0.29) is 11.8 Å². The van der Waals surface area contributed by atoms with Crippen LogP contribution < -0.4 is 0 Å². The summed E-state index contributed by atoms with van der Waals surface area (Å²) in [4.78, 5) is 35.8. The first-order chi connectivity index (χ1) is 12.5. The molecule has 0 saturated carbocycles. The number of rotatable bonds is 6. The van der Waals surface area contributed by atoms with Crippen molar-refractivity contribution >= 4 is 22.8 Å². The second-order valence-electron chi connectivity index (χ2n) is 7.24. The number of nitrogens with zero attached hydrogens (tertiary/aromatic N) is 3. The van der Waals surface area contributed by atoms with Crippen molar-refractivity contribution in [2.45, 2.75) is 46.0 Å². The van der Waals surface area contributed by atoms with Crippen LogP contribution in [-0.2, 0) is 16.0 Å². The Kier molecular flexibility index (Phi) is 5.59. The van der Waals surface area contributed by atoms with Crippen LogP contribution in [0.25, 0.3) is 11.0 Å². The molecule has 3 rings (SSSR count). The van der Waals surface area contributed by atoms with Gasteiger partial charge in [0.2, 0.25) is 11.8 Å². The average Bonchev–Trinajstić information content (AvgIpc) is 3.06. The minimum absolute atomic E-state index is 0.0859. The van der Waals surface area contributed by atoms with Crippen molar-refractivity contribution < 1.29 is 9.59 Å². The number of amides is 2. The van der Waals surface area contributed by atoms with Gasteiger partial charge in [0.25, 0.3) is 0 Å². The number of aryl methyl sites for hydroxylation is 3. The third-order valence-electron chi connectivity index (χ3n) is 5.36. The molecule has 2 aromatic rings. The van der Waals surface area contributed by atoms with E-state index in [1.54, 1.807) is 4.90 Å². The lowest BCUT2D eigenvalue weighted by Crippen LogP contribution is -2.41. The summed E-state index contributed by atoms with van der Waals surface area (Å²) in [6, 6.07) is 4.12. The van der Waals surface area contributed by atoms with Crippen molar-refractivity contribution in [3.63, 3.8) is 0 Å². The molecule has 1 N–H and O–H groups in total. The quantitative estimate of drug-likeness (QED) is 0.865. The van der Waals surface area contributed by atoms with E-state index in [0.717, 1.165) is 36.2 Å². The van der Waals surface area contributed by atoms with E-state index in [1.165, 1.54) is 11.1 Å². The highest BCUT2D eigenvalue weighted by Crippen LogP contribution is 2.19. The predicted molar refractivity (Wildman–Crippen MR) is 102 cm³/mol. The second kappa shape index (κ2) is 7.89. The van der Waals surface area contributed by atoms with E-state index in [2.05, 4.69) is 29.9 Å². The molecule has 6 heteroatoms. The largest absolute Gasteiger partial charge is 0.344 e. The smallest absolute Gasteiger partial charge is 0.222 e. The van der Waals surface area contributed by atoms with Gasteiger partial charge in [-0.1, -0.05) is 6.07 Å². The molecule has 6 nitrogen and oxygen atoms in total. The van der Waals surface area contributed by atoms with Gasteiger partial charge in [-0.05, 0) is 43.9 Å². The summed E-state index contributed by atoms with van der Waals surface area (Å²) < 4.78 is 0. The Bertz CT molecular complexity index is 811. The van der Waals surface area contributed by atoms with E-state index in [9.17, 15) is 9.59 Å². The maximum Gasteiger partial charge on any atom is 0.222 e. The van der Waals surface area contributed by atoms with Crippen LogP contribution in [0.4, 0.5) is 0 Å². The fourth-order valence-corrected chi connectivity index (χ4v) is 3.39. The molecular weight excluding hydrogens is 328 g/mol. The molecule has 0 unspecified atom stereocenters. The number of imidazole rings is 1. The van der Waals surface area contributed by atoms with Gasteiger partial charge in [-0.25, -0.2) is 4.98 Å². The molecule has 0 spiro atoms. The van der Waals surface area contributed by atoms with Crippen LogP contribution in [0.1, 0.15) is 42.6 Å². The Hall–Kier alpha value is -2.37. The monoisotopic (exact) mass is 356 g/mol. The van der Waals surface area contributed by atoms with E-state index in [4.69, 9.17) is 0 Å². The molecule has 1 fully saturated rings. The van der Waals surface area contributed by atoms with Crippen LogP contribution in [0, 0.1) is 13.8 Å². The average molecular weight is 356 g/mol. The van der Waals surface area contributed by atoms with Gasteiger partial charge >= 0.3 is 0 Å². The van der Waals surface area contributed by atoms with Gasteiger partial charge in [0.05, 0.1) is 11.0 Å². The first-order valence-corrected chi connectivity index (χ1v) is 9.42. The second-order valence-corrected chi connectivity index (χ2v) is 7.24. The number of fused-ring (bicyclic) bond motifs is 1. The van der Waals surface area contributed by atoms with Crippen molar-refractivity contribution in [3.05, 3.63) is 29.1 Å². The molecule has 26 heavy (non-hydrogen) atoms. The Morgan fingerprint density at radius 1 is 1.31 bits per heavy atom. The summed E-state index contributed by atoms with van der Waals surface area (Å²) >= 11 is 0. The van der Waals surface area contributed by atoms with Crippen LogP contribution in [0.5, 0.6) is 0 Å². The maximum atomic E-state index is 12.4. The summed E-state index contributed by atoms with van der Waals surface area (Å²) in [5.41, 5.74) is 4.41. The molecule has 0 aliphatic carbocycles. The van der Waals surface area contributed by atoms with Gasteiger partial charge in [0, 0.05) is 45.9 Å². The number of likely N-dealkylation sites (N-methyl/N-ethyl adjacent to an activating group) is 1. The molecule has 1 aromatic heterocycles. The van der Waals surface area contributed by atoms with Gasteiger partial charge in [0.1, 0.15) is 5.82 Å². The molecule has 1 aromatic carbocycles. The fraction of sp³-hybridized carbons (Fsp3) is 0.550. The molecule has 1 aliphatic rings. The Balaban J connectivity index is 1.51.